The quantitative estimate of drug-likeness (QED) is 0.448. The lowest BCUT2D eigenvalue weighted by Gasteiger charge is -2.39. The van der Waals surface area contributed by atoms with Crippen molar-refractivity contribution in [2.45, 2.75) is 57.9 Å². The van der Waals surface area contributed by atoms with E-state index >= 15 is 0 Å². The molecule has 5 rings (SSSR count). The molecule has 2 aromatic carbocycles. The Hall–Kier alpha value is -3.53. The van der Waals surface area contributed by atoms with Gasteiger partial charge in [0.2, 0.25) is 11.8 Å². The molecular weight excluding hydrogens is 545 g/mol. The van der Waals surface area contributed by atoms with Gasteiger partial charge in [-0.2, -0.15) is 13.2 Å². The van der Waals surface area contributed by atoms with Crippen molar-refractivity contribution in [3.05, 3.63) is 70.4 Å². The average Bonchev–Trinajstić information content (AvgIpc) is 3.60. The van der Waals surface area contributed by atoms with Crippen LogP contribution in [0.5, 0.6) is 0 Å². The second-order valence-electron chi connectivity index (χ2n) is 11.6. The normalized spacial score (nSPS) is 19.8. The standard InChI is InChI=1S/C29H30ClF3N4O3/c1-28(2,3)25(35-26(39)23-11-16-6-4-5-7-22(16)34-23)27(40)37-15-19-13-20(37)14-36(19)24(38)12-17-10-18(29(31,32)33)8-9-21(17)30/h4-11,19-20,25,34H,12-15H2,1-3H3,(H,35,39)/t19-,20-,25?/m0/s1. The Kier molecular flexibility index (Phi) is 7.10. The first-order chi connectivity index (χ1) is 18.7. The fourth-order valence-corrected chi connectivity index (χ4v) is 5.80. The minimum atomic E-state index is -4.54. The molecule has 0 aliphatic carbocycles. The number of benzene rings is 2. The van der Waals surface area contributed by atoms with E-state index in [2.05, 4.69) is 10.3 Å². The second kappa shape index (κ2) is 10.1. The van der Waals surface area contributed by atoms with Gasteiger partial charge < -0.3 is 20.1 Å². The molecule has 3 amide bonds. The van der Waals surface area contributed by atoms with Crippen LogP contribution in [0, 0.1) is 5.41 Å². The van der Waals surface area contributed by atoms with Gasteiger partial charge in [0.25, 0.3) is 5.91 Å². The lowest BCUT2D eigenvalue weighted by molar-refractivity contribution is -0.142. The summed E-state index contributed by atoms with van der Waals surface area (Å²) in [5, 5.41) is 3.90. The summed E-state index contributed by atoms with van der Waals surface area (Å²) >= 11 is 6.10. The minimum Gasteiger partial charge on any atom is -0.351 e. The van der Waals surface area contributed by atoms with Crippen molar-refractivity contribution in [3.8, 4) is 0 Å². The van der Waals surface area contributed by atoms with Gasteiger partial charge >= 0.3 is 6.18 Å². The molecule has 11 heteroatoms. The highest BCUT2D eigenvalue weighted by molar-refractivity contribution is 6.31. The maximum Gasteiger partial charge on any atom is 0.416 e. The first kappa shape index (κ1) is 28.0. The number of nitrogens with one attached hydrogen (secondary N) is 2. The van der Waals surface area contributed by atoms with Crippen LogP contribution in [0.2, 0.25) is 5.02 Å². The fourth-order valence-electron chi connectivity index (χ4n) is 5.61. The van der Waals surface area contributed by atoms with Crippen molar-refractivity contribution in [1.82, 2.24) is 20.1 Å². The van der Waals surface area contributed by atoms with Crippen molar-refractivity contribution in [2.24, 2.45) is 5.41 Å². The maximum absolute atomic E-state index is 13.7. The maximum atomic E-state index is 13.7. The summed E-state index contributed by atoms with van der Waals surface area (Å²) < 4.78 is 39.4. The second-order valence-corrected chi connectivity index (χ2v) is 12.0. The van der Waals surface area contributed by atoms with Crippen LogP contribution in [0.3, 0.4) is 0 Å². The number of para-hydroxylation sites is 1. The number of hydrogen-bond acceptors (Lipinski definition) is 3. The molecule has 3 aromatic rings. The van der Waals surface area contributed by atoms with Crippen LogP contribution >= 0.6 is 11.6 Å². The Morgan fingerprint density at radius 3 is 2.33 bits per heavy atom. The summed E-state index contributed by atoms with van der Waals surface area (Å²) in [6.07, 6.45) is -4.23. The molecule has 2 aliphatic heterocycles. The number of amides is 3. The fraction of sp³-hybridized carbons (Fsp3) is 0.414. The number of nitrogens with zero attached hydrogens (tertiary/aromatic N) is 2. The molecule has 2 N–H and O–H groups in total. The average molecular weight is 575 g/mol. The van der Waals surface area contributed by atoms with E-state index in [1.165, 1.54) is 0 Å². The van der Waals surface area contributed by atoms with Gasteiger partial charge in [0.1, 0.15) is 11.7 Å². The number of aromatic amines is 1. The third-order valence-corrected chi connectivity index (χ3v) is 8.09. The predicted octanol–water partition coefficient (Wildman–Crippen LogP) is 5.04. The minimum absolute atomic E-state index is 0.0984. The number of halogens is 4. The number of H-pyrrole nitrogens is 1. The highest BCUT2D eigenvalue weighted by Gasteiger charge is 2.49. The van der Waals surface area contributed by atoms with Crippen molar-refractivity contribution in [1.29, 1.82) is 0 Å². The molecule has 2 bridgehead atoms. The van der Waals surface area contributed by atoms with Gasteiger partial charge in [-0.05, 0) is 47.7 Å². The summed E-state index contributed by atoms with van der Waals surface area (Å²) in [5.74, 6) is -0.943. The molecule has 0 spiro atoms. The predicted molar refractivity (Wildman–Crippen MR) is 145 cm³/mol. The topological polar surface area (TPSA) is 85.5 Å². The van der Waals surface area contributed by atoms with E-state index in [1.54, 1.807) is 15.9 Å². The largest absolute Gasteiger partial charge is 0.416 e. The zero-order valence-corrected chi connectivity index (χ0v) is 23.1. The Labute approximate surface area is 234 Å². The number of carbonyl (C=O) groups is 3. The lowest BCUT2D eigenvalue weighted by atomic mass is 9.85. The third-order valence-electron chi connectivity index (χ3n) is 7.72. The van der Waals surface area contributed by atoms with Gasteiger partial charge in [-0.1, -0.05) is 50.6 Å². The van der Waals surface area contributed by atoms with E-state index in [4.69, 9.17) is 11.6 Å². The van der Waals surface area contributed by atoms with Crippen LogP contribution in [0.4, 0.5) is 13.2 Å². The van der Waals surface area contributed by atoms with E-state index < -0.39 is 23.2 Å². The Bertz CT molecular complexity index is 1450. The number of hydrogen-bond donors (Lipinski definition) is 2. The number of alkyl halides is 3. The molecule has 0 radical (unpaired) electrons. The molecule has 3 heterocycles. The van der Waals surface area contributed by atoms with Crippen LogP contribution in [0.1, 0.15) is 48.8 Å². The highest BCUT2D eigenvalue weighted by atomic mass is 35.5. The van der Waals surface area contributed by atoms with Gasteiger partial charge in [-0.3, -0.25) is 14.4 Å². The summed E-state index contributed by atoms with van der Waals surface area (Å²) in [6, 6.07) is 10.9. The first-order valence-electron chi connectivity index (χ1n) is 13.1. The van der Waals surface area contributed by atoms with Gasteiger partial charge in [-0.25, -0.2) is 0 Å². The molecule has 212 valence electrons. The van der Waals surface area contributed by atoms with Crippen molar-refractivity contribution >= 4 is 40.2 Å². The SMILES string of the molecule is CC(C)(C)C(NC(=O)c1cc2ccccc2[nH]1)C(=O)N1C[C@@H]2C[C@H]1CN2C(=O)Cc1cc(C(F)(F)F)ccc1Cl. The molecule has 1 aromatic heterocycles. The summed E-state index contributed by atoms with van der Waals surface area (Å²) in [4.78, 5) is 46.4. The number of rotatable bonds is 5. The molecule has 3 atom stereocenters. The molecule has 40 heavy (non-hydrogen) atoms. The van der Waals surface area contributed by atoms with Crippen LogP contribution in [0.15, 0.2) is 48.5 Å². The zero-order valence-electron chi connectivity index (χ0n) is 22.3. The van der Waals surface area contributed by atoms with Gasteiger partial charge in [0.05, 0.1) is 24.1 Å². The van der Waals surface area contributed by atoms with E-state index in [9.17, 15) is 27.6 Å². The highest BCUT2D eigenvalue weighted by Crippen LogP contribution is 2.35. The van der Waals surface area contributed by atoms with Crippen LogP contribution in [0.25, 0.3) is 10.9 Å². The Morgan fingerprint density at radius 2 is 1.70 bits per heavy atom. The summed E-state index contributed by atoms with van der Waals surface area (Å²) in [5.41, 5.74) is -0.154. The molecule has 7 nitrogen and oxygen atoms in total. The molecule has 2 saturated heterocycles. The number of fused-ring (bicyclic) bond motifs is 3. The van der Waals surface area contributed by atoms with Gasteiger partial charge in [0.15, 0.2) is 0 Å². The number of piperazine rings is 1. The molecular formula is C29H30ClF3N4O3. The number of carbonyl (C=O) groups excluding carboxylic acids is 3. The summed E-state index contributed by atoms with van der Waals surface area (Å²) in [6.45, 7) is 6.21. The Morgan fingerprint density at radius 1 is 1.02 bits per heavy atom. The zero-order chi connectivity index (χ0) is 29.0. The van der Waals surface area contributed by atoms with Crippen LogP contribution < -0.4 is 5.32 Å². The summed E-state index contributed by atoms with van der Waals surface area (Å²) in [7, 11) is 0. The van der Waals surface area contributed by atoms with Crippen molar-refractivity contribution in [2.75, 3.05) is 13.1 Å². The van der Waals surface area contributed by atoms with Crippen LogP contribution in [-0.4, -0.2) is 63.7 Å². The van der Waals surface area contributed by atoms with Crippen molar-refractivity contribution < 1.29 is 27.6 Å². The van der Waals surface area contributed by atoms with E-state index in [1.807, 2.05) is 45.0 Å². The van der Waals surface area contributed by atoms with E-state index in [0.29, 0.717) is 18.7 Å². The van der Waals surface area contributed by atoms with E-state index in [-0.39, 0.29) is 53.4 Å². The molecule has 1 unspecified atom stereocenters. The van der Waals surface area contributed by atoms with E-state index in [0.717, 1.165) is 29.1 Å². The molecule has 2 aliphatic rings. The van der Waals surface area contributed by atoms with Gasteiger partial charge in [0, 0.05) is 29.0 Å². The lowest BCUT2D eigenvalue weighted by Crippen LogP contribution is -2.59. The molecule has 0 saturated carbocycles. The number of likely N-dealkylation sites (tertiary alicyclic amines) is 2. The monoisotopic (exact) mass is 574 g/mol. The molecule has 2 fully saturated rings. The smallest absolute Gasteiger partial charge is 0.351 e. The van der Waals surface area contributed by atoms with Crippen LogP contribution in [-0.2, 0) is 22.2 Å². The van der Waals surface area contributed by atoms with Crippen molar-refractivity contribution in [3.63, 3.8) is 0 Å². The van der Waals surface area contributed by atoms with Gasteiger partial charge in [-0.15, -0.1) is 0 Å². The third kappa shape index (κ3) is 5.41. The first-order valence-corrected chi connectivity index (χ1v) is 13.4. The Balaban J connectivity index is 1.26. The number of aromatic nitrogens is 1.